The van der Waals surface area contributed by atoms with Gasteiger partial charge in [0.05, 0.1) is 23.0 Å². The smallest absolute Gasteiger partial charge is 0.335 e. The van der Waals surface area contributed by atoms with Gasteiger partial charge in [0.15, 0.2) is 0 Å². The van der Waals surface area contributed by atoms with E-state index in [0.29, 0.717) is 11.2 Å². The molecule has 0 saturated carbocycles. The molecule has 0 aliphatic carbocycles. The van der Waals surface area contributed by atoms with Crippen molar-refractivity contribution in [2.45, 2.75) is 79.2 Å². The van der Waals surface area contributed by atoms with E-state index in [4.69, 9.17) is 4.98 Å². The molecule has 0 saturated heterocycles. The lowest BCUT2D eigenvalue weighted by molar-refractivity contribution is -0.119. The van der Waals surface area contributed by atoms with Gasteiger partial charge < -0.3 is 15.0 Å². The fourth-order valence-electron chi connectivity index (χ4n) is 4.91. The highest BCUT2D eigenvalue weighted by Gasteiger charge is 2.16. The van der Waals surface area contributed by atoms with Crippen LogP contribution in [0.4, 0.5) is 0 Å². The van der Waals surface area contributed by atoms with Crippen LogP contribution >= 0.6 is 0 Å². The predicted octanol–water partition coefficient (Wildman–Crippen LogP) is 9.15. The number of carbonyl (C=O) groups excluding carboxylic acids is 1. The molecule has 6 heteroatoms. The first kappa shape index (κ1) is 33.1. The van der Waals surface area contributed by atoms with Crippen LogP contribution in [0.5, 0.6) is 0 Å². The monoisotopic (exact) mass is 579 g/mol. The van der Waals surface area contributed by atoms with E-state index in [1.165, 1.54) is 25.7 Å². The first-order valence-electron chi connectivity index (χ1n) is 15.4. The average Bonchev–Trinajstić information content (AvgIpc) is 3.37. The Balaban J connectivity index is 0.000000765. The summed E-state index contributed by atoms with van der Waals surface area (Å²) in [5.41, 5.74) is 5.92. The van der Waals surface area contributed by atoms with Crippen molar-refractivity contribution in [1.82, 2.24) is 14.9 Å². The summed E-state index contributed by atoms with van der Waals surface area (Å²) in [6, 6.07) is 20.6. The Kier molecular flexibility index (Phi) is 13.0. The largest absolute Gasteiger partial charge is 0.478 e. The van der Waals surface area contributed by atoms with Crippen LogP contribution in [0.15, 0.2) is 79.4 Å². The van der Waals surface area contributed by atoms with Crippen LogP contribution in [0.1, 0.15) is 93.3 Å². The second-order valence-electron chi connectivity index (χ2n) is 10.6. The average molecular weight is 580 g/mol. The van der Waals surface area contributed by atoms with Crippen LogP contribution in [0.2, 0.25) is 0 Å². The Morgan fingerprint density at radius 1 is 0.930 bits per heavy atom. The molecule has 1 aromatic heterocycles. The molecule has 4 rings (SSSR count). The summed E-state index contributed by atoms with van der Waals surface area (Å²) in [4.78, 5) is 29.2. The lowest BCUT2D eigenvalue weighted by atomic mass is 10.0. The van der Waals surface area contributed by atoms with Crippen LogP contribution < -0.4 is 5.32 Å². The third-order valence-electron chi connectivity index (χ3n) is 7.16. The van der Waals surface area contributed by atoms with E-state index in [0.717, 1.165) is 53.0 Å². The van der Waals surface area contributed by atoms with Gasteiger partial charge in [0.2, 0.25) is 5.91 Å². The molecule has 0 atom stereocenters. The number of nitrogens with zero attached hydrogens (tertiary/aromatic N) is 2. The van der Waals surface area contributed by atoms with Crippen molar-refractivity contribution in [3.63, 3.8) is 0 Å². The number of carboxylic acid groups (broad SMARTS) is 1. The van der Waals surface area contributed by atoms with Gasteiger partial charge in [0, 0.05) is 23.4 Å². The molecule has 1 heterocycles. The number of allylic oxidation sites excluding steroid dienone is 1. The SMILES string of the molecule is C=C(NC(=O)Cc1cccc(-c2nc3cc(C(=O)O)ccc3n2CCCC)c1)c1ccccc1/C=C\C.CCCCCC. The number of hydrogen-bond donors (Lipinski definition) is 2. The molecule has 0 radical (unpaired) electrons. The molecule has 0 aliphatic heterocycles. The molecule has 0 aliphatic rings. The fourth-order valence-corrected chi connectivity index (χ4v) is 4.91. The normalized spacial score (nSPS) is 10.9. The molecular weight excluding hydrogens is 534 g/mol. The van der Waals surface area contributed by atoms with Crippen LogP contribution in [0, 0.1) is 0 Å². The lowest BCUT2D eigenvalue weighted by Crippen LogP contribution is -2.23. The Morgan fingerprint density at radius 3 is 2.33 bits per heavy atom. The maximum Gasteiger partial charge on any atom is 0.335 e. The number of aryl methyl sites for hydroxylation is 1. The first-order chi connectivity index (χ1) is 20.8. The number of aromatic carboxylic acids is 1. The van der Waals surface area contributed by atoms with Crippen LogP contribution in [0.25, 0.3) is 34.2 Å². The van der Waals surface area contributed by atoms with Crippen molar-refractivity contribution in [2.24, 2.45) is 0 Å². The molecule has 3 aromatic carbocycles. The summed E-state index contributed by atoms with van der Waals surface area (Å²) in [6.07, 6.45) is 11.7. The second kappa shape index (κ2) is 16.9. The summed E-state index contributed by atoms with van der Waals surface area (Å²) in [6.45, 7) is 13.4. The minimum absolute atomic E-state index is 0.150. The number of aromatic nitrogens is 2. The number of amides is 1. The zero-order chi connectivity index (χ0) is 31.2. The number of benzene rings is 3. The minimum Gasteiger partial charge on any atom is -0.478 e. The van der Waals surface area contributed by atoms with Crippen LogP contribution in [-0.4, -0.2) is 26.5 Å². The molecule has 4 aromatic rings. The number of unbranched alkanes of at least 4 members (excludes halogenated alkanes) is 4. The summed E-state index contributed by atoms with van der Waals surface area (Å²) >= 11 is 0. The van der Waals surface area contributed by atoms with Gasteiger partial charge in [-0.25, -0.2) is 9.78 Å². The van der Waals surface area contributed by atoms with E-state index >= 15 is 0 Å². The van der Waals surface area contributed by atoms with Crippen molar-refractivity contribution >= 4 is 34.7 Å². The number of nitrogens with one attached hydrogen (secondary N) is 1. The van der Waals surface area contributed by atoms with E-state index in [1.807, 2.05) is 73.7 Å². The third-order valence-corrected chi connectivity index (χ3v) is 7.16. The molecule has 0 spiro atoms. The standard InChI is InChI=1S/C31H31N3O3.C6H14/c1-4-6-17-34-28-16-15-25(31(36)37)20-27(28)33-30(34)24-13-9-11-22(18-24)19-29(35)32-21(3)26-14-8-7-12-23(26)10-5-2;1-3-5-6-4-2/h5,7-16,18,20H,3-4,6,17,19H2,1-2H3,(H,32,35)(H,36,37);3-6H2,1-2H3/b10-5-;. The molecule has 43 heavy (non-hydrogen) atoms. The maximum atomic E-state index is 12.9. The van der Waals surface area contributed by atoms with Crippen molar-refractivity contribution < 1.29 is 14.7 Å². The van der Waals surface area contributed by atoms with Gasteiger partial charge in [-0.05, 0) is 48.7 Å². The number of rotatable bonds is 13. The molecule has 226 valence electrons. The van der Waals surface area contributed by atoms with E-state index in [2.05, 4.69) is 37.2 Å². The van der Waals surface area contributed by atoms with Crippen molar-refractivity contribution in [2.75, 3.05) is 0 Å². The van der Waals surface area contributed by atoms with Crippen molar-refractivity contribution in [1.29, 1.82) is 0 Å². The molecule has 6 nitrogen and oxygen atoms in total. The van der Waals surface area contributed by atoms with Crippen molar-refractivity contribution in [3.05, 3.63) is 102 Å². The summed E-state index contributed by atoms with van der Waals surface area (Å²) in [5.74, 6) is -0.365. The molecule has 0 bridgehead atoms. The molecule has 1 amide bonds. The Morgan fingerprint density at radius 2 is 1.65 bits per heavy atom. The quantitative estimate of drug-likeness (QED) is 0.155. The van der Waals surface area contributed by atoms with E-state index in [-0.39, 0.29) is 17.9 Å². The summed E-state index contributed by atoms with van der Waals surface area (Å²) < 4.78 is 2.13. The van der Waals surface area contributed by atoms with Gasteiger partial charge >= 0.3 is 5.97 Å². The Labute approximate surface area is 256 Å². The number of imidazole rings is 1. The van der Waals surface area contributed by atoms with Gasteiger partial charge in [-0.15, -0.1) is 0 Å². The Bertz CT molecular complexity index is 1560. The van der Waals surface area contributed by atoms with Gasteiger partial charge in [-0.3, -0.25) is 4.79 Å². The fraction of sp³-hybridized carbons (Fsp3) is 0.324. The lowest BCUT2D eigenvalue weighted by Gasteiger charge is -2.12. The third kappa shape index (κ3) is 9.27. The molecular formula is C37H45N3O3. The summed E-state index contributed by atoms with van der Waals surface area (Å²) in [5, 5.41) is 12.3. The number of hydrogen-bond acceptors (Lipinski definition) is 3. The minimum atomic E-state index is -0.977. The zero-order valence-electron chi connectivity index (χ0n) is 26.0. The van der Waals surface area contributed by atoms with Gasteiger partial charge in [-0.1, -0.05) is 114 Å². The zero-order valence-corrected chi connectivity index (χ0v) is 26.0. The summed E-state index contributed by atoms with van der Waals surface area (Å²) in [7, 11) is 0. The van der Waals surface area contributed by atoms with E-state index in [1.54, 1.807) is 12.1 Å². The molecule has 0 unspecified atom stereocenters. The number of fused-ring (bicyclic) bond motifs is 1. The van der Waals surface area contributed by atoms with Crippen molar-refractivity contribution in [3.8, 4) is 11.4 Å². The molecule has 0 fully saturated rings. The number of carbonyl (C=O) groups is 2. The molecule has 2 N–H and O–H groups in total. The van der Waals surface area contributed by atoms with Gasteiger partial charge in [0.25, 0.3) is 0 Å². The highest BCUT2D eigenvalue weighted by molar-refractivity contribution is 5.93. The number of carboxylic acids is 1. The van der Waals surface area contributed by atoms with Gasteiger partial charge in [0.1, 0.15) is 5.82 Å². The van der Waals surface area contributed by atoms with E-state index < -0.39 is 5.97 Å². The van der Waals surface area contributed by atoms with Crippen LogP contribution in [-0.2, 0) is 17.8 Å². The maximum absolute atomic E-state index is 12.9. The van der Waals surface area contributed by atoms with E-state index in [9.17, 15) is 14.7 Å². The second-order valence-corrected chi connectivity index (χ2v) is 10.6. The van der Waals surface area contributed by atoms with Gasteiger partial charge in [-0.2, -0.15) is 0 Å². The first-order valence-corrected chi connectivity index (χ1v) is 15.4. The highest BCUT2D eigenvalue weighted by atomic mass is 16.4. The van der Waals surface area contributed by atoms with Crippen LogP contribution in [0.3, 0.4) is 0 Å². The topological polar surface area (TPSA) is 84.2 Å². The highest BCUT2D eigenvalue weighted by Crippen LogP contribution is 2.27. The Hall–Kier alpha value is -4.45. The predicted molar refractivity (Wildman–Crippen MR) is 179 cm³/mol.